The normalized spacial score (nSPS) is 10.9. The topological polar surface area (TPSA) is 41.1 Å². The van der Waals surface area contributed by atoms with Crippen LogP contribution in [0.1, 0.15) is 19.7 Å². The van der Waals surface area contributed by atoms with E-state index in [0.717, 1.165) is 37.0 Å². The highest BCUT2D eigenvalue weighted by molar-refractivity contribution is 7.09. The standard InChI is InChI=1S/C9H18N4S/c1-4-8-11-9(14-12-8)10-6-7-13(3)5-2/h4-7H2,1-3H3,(H,10,11,12). The van der Waals surface area contributed by atoms with Gasteiger partial charge in [0.1, 0.15) is 5.82 Å². The Hall–Kier alpha value is -0.680. The molecular weight excluding hydrogens is 196 g/mol. The molecule has 1 aromatic rings. The number of aromatic nitrogens is 2. The lowest BCUT2D eigenvalue weighted by Crippen LogP contribution is -2.24. The number of rotatable bonds is 6. The van der Waals surface area contributed by atoms with E-state index in [2.05, 4.69) is 40.5 Å². The summed E-state index contributed by atoms with van der Waals surface area (Å²) < 4.78 is 4.21. The Labute approximate surface area is 89.5 Å². The summed E-state index contributed by atoms with van der Waals surface area (Å²) in [5.41, 5.74) is 0. The maximum Gasteiger partial charge on any atom is 0.202 e. The average Bonchev–Trinajstić information content (AvgIpc) is 2.65. The fourth-order valence-electron chi connectivity index (χ4n) is 0.981. The van der Waals surface area contributed by atoms with Crippen molar-refractivity contribution >= 4 is 16.7 Å². The molecule has 1 N–H and O–H groups in total. The molecule has 80 valence electrons. The first-order chi connectivity index (χ1) is 6.76. The number of nitrogens with zero attached hydrogens (tertiary/aromatic N) is 3. The third kappa shape index (κ3) is 3.59. The lowest BCUT2D eigenvalue weighted by atomic mass is 10.5. The third-order valence-corrected chi connectivity index (χ3v) is 2.80. The Kier molecular flexibility index (Phi) is 4.82. The largest absolute Gasteiger partial charge is 0.359 e. The van der Waals surface area contributed by atoms with Gasteiger partial charge in [0.25, 0.3) is 0 Å². The number of anilines is 1. The van der Waals surface area contributed by atoms with E-state index in [9.17, 15) is 0 Å². The molecule has 4 nitrogen and oxygen atoms in total. The molecule has 0 unspecified atom stereocenters. The van der Waals surface area contributed by atoms with E-state index < -0.39 is 0 Å². The van der Waals surface area contributed by atoms with Crippen LogP contribution < -0.4 is 5.32 Å². The monoisotopic (exact) mass is 214 g/mol. The molecule has 0 aliphatic carbocycles. The smallest absolute Gasteiger partial charge is 0.202 e. The van der Waals surface area contributed by atoms with Crippen LogP contribution in [0.3, 0.4) is 0 Å². The van der Waals surface area contributed by atoms with Gasteiger partial charge in [0.15, 0.2) is 0 Å². The lowest BCUT2D eigenvalue weighted by molar-refractivity contribution is 0.367. The van der Waals surface area contributed by atoms with Crippen LogP contribution in [0.25, 0.3) is 0 Å². The molecule has 0 saturated carbocycles. The van der Waals surface area contributed by atoms with Crippen LogP contribution >= 0.6 is 11.5 Å². The van der Waals surface area contributed by atoms with Crippen molar-refractivity contribution in [3.05, 3.63) is 5.82 Å². The maximum atomic E-state index is 4.33. The Bertz CT molecular complexity index is 261. The van der Waals surface area contributed by atoms with Crippen LogP contribution in [0, 0.1) is 0 Å². The van der Waals surface area contributed by atoms with Crippen molar-refractivity contribution in [1.29, 1.82) is 0 Å². The quantitative estimate of drug-likeness (QED) is 0.778. The molecule has 1 heterocycles. The highest BCUT2D eigenvalue weighted by atomic mass is 32.1. The molecule has 0 aliphatic heterocycles. The molecule has 0 amide bonds. The van der Waals surface area contributed by atoms with Crippen LogP contribution in [-0.4, -0.2) is 40.9 Å². The summed E-state index contributed by atoms with van der Waals surface area (Å²) in [4.78, 5) is 6.59. The zero-order valence-corrected chi connectivity index (χ0v) is 9.89. The summed E-state index contributed by atoms with van der Waals surface area (Å²) in [5, 5.41) is 4.20. The van der Waals surface area contributed by atoms with Gasteiger partial charge in [-0.15, -0.1) is 0 Å². The molecule has 0 radical (unpaired) electrons. The second kappa shape index (κ2) is 5.93. The SMILES string of the molecule is CCc1nsc(NCCN(C)CC)n1. The molecule has 0 atom stereocenters. The van der Waals surface area contributed by atoms with Crippen LogP contribution in [-0.2, 0) is 6.42 Å². The first kappa shape index (κ1) is 11.4. The van der Waals surface area contributed by atoms with Crippen molar-refractivity contribution < 1.29 is 0 Å². The van der Waals surface area contributed by atoms with Crippen molar-refractivity contribution in [1.82, 2.24) is 14.3 Å². The Morgan fingerprint density at radius 2 is 2.21 bits per heavy atom. The van der Waals surface area contributed by atoms with Gasteiger partial charge in [-0.1, -0.05) is 13.8 Å². The molecule has 0 fully saturated rings. The molecule has 0 saturated heterocycles. The van der Waals surface area contributed by atoms with Crippen LogP contribution in [0.2, 0.25) is 0 Å². The van der Waals surface area contributed by atoms with Crippen LogP contribution in [0.15, 0.2) is 0 Å². The van der Waals surface area contributed by atoms with E-state index in [1.54, 1.807) is 0 Å². The molecule has 1 rings (SSSR count). The van der Waals surface area contributed by atoms with E-state index in [0.29, 0.717) is 0 Å². The zero-order valence-electron chi connectivity index (χ0n) is 9.08. The fourth-order valence-corrected chi connectivity index (χ4v) is 1.66. The van der Waals surface area contributed by atoms with Crippen molar-refractivity contribution in [2.75, 3.05) is 32.0 Å². The van der Waals surface area contributed by atoms with E-state index >= 15 is 0 Å². The molecule has 0 aliphatic rings. The average molecular weight is 214 g/mol. The van der Waals surface area contributed by atoms with Gasteiger partial charge in [0, 0.05) is 31.0 Å². The minimum absolute atomic E-state index is 0.910. The predicted molar refractivity (Wildman–Crippen MR) is 60.9 cm³/mol. The number of aryl methyl sites for hydroxylation is 1. The van der Waals surface area contributed by atoms with Gasteiger partial charge >= 0.3 is 0 Å². The minimum Gasteiger partial charge on any atom is -0.359 e. The van der Waals surface area contributed by atoms with Gasteiger partial charge in [0.2, 0.25) is 5.13 Å². The summed E-state index contributed by atoms with van der Waals surface area (Å²) in [7, 11) is 2.11. The van der Waals surface area contributed by atoms with Gasteiger partial charge in [-0.05, 0) is 13.6 Å². The molecule has 0 aromatic carbocycles. The summed E-state index contributed by atoms with van der Waals surface area (Å²) >= 11 is 1.44. The molecule has 0 spiro atoms. The van der Waals surface area contributed by atoms with E-state index in [1.807, 2.05) is 0 Å². The fraction of sp³-hybridized carbons (Fsp3) is 0.778. The minimum atomic E-state index is 0.910. The Balaban J connectivity index is 2.24. The van der Waals surface area contributed by atoms with Crippen LogP contribution in [0.4, 0.5) is 5.13 Å². The second-order valence-electron chi connectivity index (χ2n) is 3.19. The third-order valence-electron chi connectivity index (χ3n) is 2.09. The maximum absolute atomic E-state index is 4.33. The summed E-state index contributed by atoms with van der Waals surface area (Å²) in [6, 6.07) is 0. The molecular formula is C9H18N4S. The number of nitrogens with one attached hydrogen (secondary N) is 1. The van der Waals surface area contributed by atoms with Gasteiger partial charge in [-0.3, -0.25) is 0 Å². The van der Waals surface area contributed by atoms with Crippen LogP contribution in [0.5, 0.6) is 0 Å². The number of hydrogen-bond donors (Lipinski definition) is 1. The van der Waals surface area contributed by atoms with E-state index in [-0.39, 0.29) is 0 Å². The van der Waals surface area contributed by atoms with Gasteiger partial charge in [0.05, 0.1) is 0 Å². The summed E-state index contributed by atoms with van der Waals surface area (Å²) in [6.45, 7) is 7.27. The first-order valence-electron chi connectivity index (χ1n) is 5.01. The second-order valence-corrected chi connectivity index (χ2v) is 3.94. The highest BCUT2D eigenvalue weighted by Crippen LogP contribution is 2.10. The predicted octanol–water partition coefficient (Wildman–Crippen LogP) is 1.46. The zero-order chi connectivity index (χ0) is 10.4. The van der Waals surface area contributed by atoms with Crippen molar-refractivity contribution in [2.24, 2.45) is 0 Å². The van der Waals surface area contributed by atoms with Gasteiger partial charge < -0.3 is 10.2 Å². The first-order valence-corrected chi connectivity index (χ1v) is 5.78. The highest BCUT2D eigenvalue weighted by Gasteiger charge is 2.01. The van der Waals surface area contributed by atoms with Crippen molar-refractivity contribution in [3.63, 3.8) is 0 Å². The van der Waals surface area contributed by atoms with Gasteiger partial charge in [-0.25, -0.2) is 4.98 Å². The molecule has 14 heavy (non-hydrogen) atoms. The number of hydrogen-bond acceptors (Lipinski definition) is 5. The Morgan fingerprint density at radius 1 is 1.43 bits per heavy atom. The molecule has 0 bridgehead atoms. The van der Waals surface area contributed by atoms with Gasteiger partial charge in [-0.2, -0.15) is 4.37 Å². The summed E-state index contributed by atoms with van der Waals surface area (Å²) in [5.74, 6) is 0.932. The summed E-state index contributed by atoms with van der Waals surface area (Å²) in [6.07, 6.45) is 0.910. The van der Waals surface area contributed by atoms with Crippen molar-refractivity contribution in [3.8, 4) is 0 Å². The molecule has 5 heteroatoms. The van der Waals surface area contributed by atoms with Crippen molar-refractivity contribution in [2.45, 2.75) is 20.3 Å². The number of likely N-dealkylation sites (N-methyl/N-ethyl adjacent to an activating group) is 1. The molecule has 1 aromatic heterocycles. The van der Waals surface area contributed by atoms with E-state index in [4.69, 9.17) is 0 Å². The van der Waals surface area contributed by atoms with E-state index in [1.165, 1.54) is 11.5 Å². The Morgan fingerprint density at radius 3 is 2.79 bits per heavy atom. The lowest BCUT2D eigenvalue weighted by Gasteiger charge is -2.13.